The summed E-state index contributed by atoms with van der Waals surface area (Å²) in [5, 5.41) is 0.785. The number of hydrogen-bond acceptors (Lipinski definition) is 6. The molecule has 4 aromatic carbocycles. The number of amides is 1. The number of ether oxygens (including phenoxy) is 3. The SMILES string of the molecule is O=C(Cc1ccc(Oc2ccc(N3CCN(C(=O)c4ccc5c(c4)OCO5)CC3)cc2)cc1)c1ccc(Cl)c(Cl)c1. The van der Waals surface area contributed by atoms with Gasteiger partial charge in [-0.05, 0) is 78.4 Å². The van der Waals surface area contributed by atoms with Crippen molar-refractivity contribution in [1.82, 2.24) is 4.90 Å². The molecule has 1 saturated heterocycles. The molecule has 0 unspecified atom stereocenters. The van der Waals surface area contributed by atoms with E-state index in [2.05, 4.69) is 4.90 Å². The predicted octanol–water partition coefficient (Wildman–Crippen LogP) is 6.90. The smallest absolute Gasteiger partial charge is 0.254 e. The molecule has 2 aliphatic heterocycles. The van der Waals surface area contributed by atoms with Crippen molar-refractivity contribution >= 4 is 40.6 Å². The fraction of sp³-hybridized carbons (Fsp3) is 0.188. The second-order valence-corrected chi connectivity index (χ2v) is 10.6. The molecule has 0 aliphatic carbocycles. The van der Waals surface area contributed by atoms with Gasteiger partial charge in [-0.25, -0.2) is 0 Å². The maximum Gasteiger partial charge on any atom is 0.254 e. The third-order valence-electron chi connectivity index (χ3n) is 7.15. The lowest BCUT2D eigenvalue weighted by molar-refractivity contribution is 0.0746. The number of carbonyl (C=O) groups excluding carboxylic acids is 2. The summed E-state index contributed by atoms with van der Waals surface area (Å²) in [7, 11) is 0. The molecule has 7 nitrogen and oxygen atoms in total. The van der Waals surface area contributed by atoms with Crippen molar-refractivity contribution in [3.63, 3.8) is 0 Å². The molecule has 1 fully saturated rings. The van der Waals surface area contributed by atoms with Gasteiger partial charge in [-0.2, -0.15) is 0 Å². The maximum absolute atomic E-state index is 13.0. The Morgan fingerprint density at radius 1 is 0.707 bits per heavy atom. The normalized spacial score (nSPS) is 14.2. The highest BCUT2D eigenvalue weighted by Crippen LogP contribution is 2.33. The number of hydrogen-bond donors (Lipinski definition) is 0. The molecule has 6 rings (SSSR count). The largest absolute Gasteiger partial charge is 0.457 e. The van der Waals surface area contributed by atoms with E-state index < -0.39 is 0 Å². The molecule has 41 heavy (non-hydrogen) atoms. The summed E-state index contributed by atoms with van der Waals surface area (Å²) in [6.07, 6.45) is 0.252. The maximum atomic E-state index is 13.0. The van der Waals surface area contributed by atoms with Crippen LogP contribution in [-0.4, -0.2) is 49.6 Å². The first-order valence-electron chi connectivity index (χ1n) is 13.2. The molecule has 208 valence electrons. The minimum atomic E-state index is -0.0362. The summed E-state index contributed by atoms with van der Waals surface area (Å²) in [5.41, 5.74) is 3.08. The zero-order valence-electron chi connectivity index (χ0n) is 22.0. The number of piperazine rings is 1. The Bertz CT molecular complexity index is 1580. The number of Topliss-reactive ketones (excluding diaryl/α,β-unsaturated/α-hetero) is 1. The van der Waals surface area contributed by atoms with Gasteiger partial charge in [0, 0.05) is 49.4 Å². The van der Waals surface area contributed by atoms with Gasteiger partial charge >= 0.3 is 0 Å². The minimum absolute atomic E-state index is 0.00328. The number of benzene rings is 4. The molecular formula is C32H26Cl2N2O5. The second-order valence-electron chi connectivity index (χ2n) is 9.82. The fourth-order valence-electron chi connectivity index (χ4n) is 4.87. The van der Waals surface area contributed by atoms with Gasteiger partial charge in [-0.1, -0.05) is 35.3 Å². The average Bonchev–Trinajstić information content (AvgIpc) is 3.48. The first-order chi connectivity index (χ1) is 19.9. The summed E-state index contributed by atoms with van der Waals surface area (Å²) in [6.45, 7) is 2.92. The molecule has 0 spiro atoms. The van der Waals surface area contributed by atoms with Gasteiger partial charge in [-0.3, -0.25) is 9.59 Å². The van der Waals surface area contributed by atoms with Crippen LogP contribution < -0.4 is 19.1 Å². The summed E-state index contributed by atoms with van der Waals surface area (Å²) in [4.78, 5) is 29.7. The van der Waals surface area contributed by atoms with E-state index in [1.807, 2.05) is 53.4 Å². The van der Waals surface area contributed by atoms with Crippen LogP contribution in [-0.2, 0) is 6.42 Å². The highest BCUT2D eigenvalue weighted by atomic mass is 35.5. The molecule has 0 aromatic heterocycles. The van der Waals surface area contributed by atoms with E-state index in [9.17, 15) is 9.59 Å². The van der Waals surface area contributed by atoms with Gasteiger partial charge in [0.2, 0.25) is 6.79 Å². The fourth-order valence-corrected chi connectivity index (χ4v) is 5.17. The zero-order valence-corrected chi connectivity index (χ0v) is 23.5. The Morgan fingerprint density at radius 3 is 2.07 bits per heavy atom. The van der Waals surface area contributed by atoms with E-state index in [1.165, 1.54) is 0 Å². The summed E-state index contributed by atoms with van der Waals surface area (Å²) >= 11 is 12.0. The van der Waals surface area contributed by atoms with Gasteiger partial charge < -0.3 is 24.0 Å². The number of nitrogens with zero attached hydrogens (tertiary/aromatic N) is 2. The van der Waals surface area contributed by atoms with Crippen molar-refractivity contribution < 1.29 is 23.8 Å². The topological polar surface area (TPSA) is 68.3 Å². The van der Waals surface area contributed by atoms with Crippen LogP contribution >= 0.6 is 23.2 Å². The summed E-state index contributed by atoms with van der Waals surface area (Å²) in [5.74, 6) is 2.64. The Kier molecular flexibility index (Phi) is 7.72. The Morgan fingerprint density at radius 2 is 1.37 bits per heavy atom. The average molecular weight is 589 g/mol. The number of rotatable bonds is 7. The lowest BCUT2D eigenvalue weighted by Gasteiger charge is -2.36. The van der Waals surface area contributed by atoms with Crippen LogP contribution in [0.25, 0.3) is 0 Å². The van der Waals surface area contributed by atoms with E-state index in [-0.39, 0.29) is 24.9 Å². The number of anilines is 1. The van der Waals surface area contributed by atoms with Crippen molar-refractivity contribution in [3.8, 4) is 23.0 Å². The van der Waals surface area contributed by atoms with Crippen LogP contribution in [0.2, 0.25) is 10.0 Å². The van der Waals surface area contributed by atoms with Gasteiger partial charge in [0.25, 0.3) is 5.91 Å². The number of halogens is 2. The summed E-state index contributed by atoms with van der Waals surface area (Å²) in [6, 6.07) is 25.6. The Balaban J connectivity index is 1.01. The van der Waals surface area contributed by atoms with Crippen molar-refractivity contribution in [3.05, 3.63) is 112 Å². The first-order valence-corrected chi connectivity index (χ1v) is 14.0. The van der Waals surface area contributed by atoms with Crippen molar-refractivity contribution in [2.45, 2.75) is 6.42 Å². The molecule has 0 saturated carbocycles. The summed E-state index contributed by atoms with van der Waals surface area (Å²) < 4.78 is 16.8. The molecule has 2 aliphatic rings. The van der Waals surface area contributed by atoms with Gasteiger partial charge in [0.1, 0.15) is 11.5 Å². The van der Waals surface area contributed by atoms with Crippen LogP contribution in [0.3, 0.4) is 0 Å². The van der Waals surface area contributed by atoms with Crippen LogP contribution in [0.5, 0.6) is 23.0 Å². The standard InChI is InChI=1S/C32H26Cl2N2O5/c33-27-11-3-22(18-28(27)34)29(37)17-21-1-7-25(8-2-21)41-26-9-5-24(6-10-26)35-13-15-36(16-14-35)32(38)23-4-12-30-31(19-23)40-20-39-30/h1-12,18-19H,13-17,20H2. The third-order valence-corrected chi connectivity index (χ3v) is 7.89. The number of carbonyl (C=O) groups is 2. The highest BCUT2D eigenvalue weighted by Gasteiger charge is 2.24. The van der Waals surface area contributed by atoms with Gasteiger partial charge in [0.05, 0.1) is 10.0 Å². The molecular weight excluding hydrogens is 563 g/mol. The van der Waals surface area contributed by atoms with Crippen LogP contribution in [0, 0.1) is 0 Å². The number of ketones is 1. The lowest BCUT2D eigenvalue weighted by atomic mass is 10.0. The van der Waals surface area contributed by atoms with E-state index in [4.69, 9.17) is 37.4 Å². The molecule has 2 heterocycles. The number of fused-ring (bicyclic) bond motifs is 1. The second kappa shape index (κ2) is 11.7. The van der Waals surface area contributed by atoms with Crippen LogP contribution in [0.15, 0.2) is 84.9 Å². The predicted molar refractivity (Wildman–Crippen MR) is 158 cm³/mol. The first kappa shape index (κ1) is 27.0. The van der Waals surface area contributed by atoms with Crippen LogP contribution in [0.1, 0.15) is 26.3 Å². The molecule has 9 heteroatoms. The molecule has 0 bridgehead atoms. The van der Waals surface area contributed by atoms with Gasteiger partial charge in [0.15, 0.2) is 17.3 Å². The molecule has 4 aromatic rings. The van der Waals surface area contributed by atoms with Crippen molar-refractivity contribution in [2.75, 3.05) is 37.9 Å². The van der Waals surface area contributed by atoms with E-state index in [0.29, 0.717) is 57.3 Å². The van der Waals surface area contributed by atoms with E-state index in [0.717, 1.165) is 24.3 Å². The van der Waals surface area contributed by atoms with Crippen molar-refractivity contribution in [2.24, 2.45) is 0 Å². The molecule has 0 atom stereocenters. The zero-order chi connectivity index (χ0) is 28.3. The van der Waals surface area contributed by atoms with Gasteiger partial charge in [-0.15, -0.1) is 0 Å². The third kappa shape index (κ3) is 6.11. The van der Waals surface area contributed by atoms with E-state index in [1.54, 1.807) is 36.4 Å². The highest BCUT2D eigenvalue weighted by molar-refractivity contribution is 6.42. The van der Waals surface area contributed by atoms with Crippen LogP contribution in [0.4, 0.5) is 5.69 Å². The molecule has 1 amide bonds. The van der Waals surface area contributed by atoms with E-state index >= 15 is 0 Å². The molecule has 0 radical (unpaired) electrons. The van der Waals surface area contributed by atoms with Crippen molar-refractivity contribution in [1.29, 1.82) is 0 Å². The molecule has 0 N–H and O–H groups in total. The quantitative estimate of drug-likeness (QED) is 0.219. The monoisotopic (exact) mass is 588 g/mol. The Hall–Kier alpha value is -4.20. The minimum Gasteiger partial charge on any atom is -0.457 e. The Labute approximate surface area is 247 Å². The lowest BCUT2D eigenvalue weighted by Crippen LogP contribution is -2.48.